The maximum atomic E-state index is 12.1. The molecule has 0 bridgehead atoms. The highest BCUT2D eigenvalue weighted by Crippen LogP contribution is 2.34. The zero-order valence-corrected chi connectivity index (χ0v) is 11.1. The lowest BCUT2D eigenvalue weighted by Gasteiger charge is -2.27. The zero-order chi connectivity index (χ0) is 12.1. The Morgan fingerprint density at radius 1 is 1.31 bits per heavy atom. The van der Waals surface area contributed by atoms with E-state index in [-0.39, 0.29) is 11.9 Å². The molecule has 3 nitrogen and oxygen atoms in total. The summed E-state index contributed by atoms with van der Waals surface area (Å²) in [6.07, 6.45) is 3.79. The number of rotatable bonds is 7. The van der Waals surface area contributed by atoms with E-state index < -0.39 is 0 Å². The van der Waals surface area contributed by atoms with Crippen LogP contribution in [0.1, 0.15) is 47.0 Å². The average Bonchev–Trinajstić information content (AvgIpc) is 3.10. The topological polar surface area (TPSA) is 32.3 Å². The third-order valence-electron chi connectivity index (χ3n) is 3.54. The number of hydrogen-bond acceptors (Lipinski definition) is 2. The van der Waals surface area contributed by atoms with Crippen LogP contribution in [0.5, 0.6) is 0 Å². The summed E-state index contributed by atoms with van der Waals surface area (Å²) in [7, 11) is 0. The summed E-state index contributed by atoms with van der Waals surface area (Å²) in [5.41, 5.74) is 0. The highest BCUT2D eigenvalue weighted by molar-refractivity contribution is 5.81. The SMILES string of the molecule is CCC(NC(C)C(=O)N(CC)CC)C1CC1. The van der Waals surface area contributed by atoms with Gasteiger partial charge >= 0.3 is 0 Å². The first-order valence-corrected chi connectivity index (χ1v) is 6.68. The van der Waals surface area contributed by atoms with Crippen LogP contribution >= 0.6 is 0 Å². The second-order valence-corrected chi connectivity index (χ2v) is 4.75. The van der Waals surface area contributed by atoms with E-state index in [2.05, 4.69) is 12.2 Å². The number of nitrogens with one attached hydrogen (secondary N) is 1. The molecule has 1 rings (SSSR count). The van der Waals surface area contributed by atoms with E-state index in [1.54, 1.807) is 0 Å². The molecule has 3 heteroatoms. The Labute approximate surface area is 99.6 Å². The van der Waals surface area contributed by atoms with Gasteiger partial charge in [0.1, 0.15) is 0 Å². The summed E-state index contributed by atoms with van der Waals surface area (Å²) in [6.45, 7) is 9.87. The van der Waals surface area contributed by atoms with Gasteiger partial charge in [0.2, 0.25) is 5.91 Å². The van der Waals surface area contributed by atoms with Crippen molar-refractivity contribution in [1.29, 1.82) is 0 Å². The Morgan fingerprint density at radius 3 is 2.25 bits per heavy atom. The highest BCUT2D eigenvalue weighted by atomic mass is 16.2. The van der Waals surface area contributed by atoms with Crippen molar-refractivity contribution in [3.8, 4) is 0 Å². The standard InChI is InChI=1S/C13H26N2O/c1-5-12(11-8-9-11)14-10(4)13(16)15(6-2)7-3/h10-12,14H,5-9H2,1-4H3. The summed E-state index contributed by atoms with van der Waals surface area (Å²) in [5, 5.41) is 3.49. The van der Waals surface area contributed by atoms with Crippen molar-refractivity contribution in [2.24, 2.45) is 5.92 Å². The van der Waals surface area contributed by atoms with E-state index in [0.29, 0.717) is 6.04 Å². The van der Waals surface area contributed by atoms with E-state index in [1.165, 1.54) is 12.8 Å². The van der Waals surface area contributed by atoms with Crippen LogP contribution in [0.25, 0.3) is 0 Å². The molecule has 94 valence electrons. The quantitative estimate of drug-likeness (QED) is 0.720. The van der Waals surface area contributed by atoms with Gasteiger partial charge in [-0.05, 0) is 46.0 Å². The van der Waals surface area contributed by atoms with Gasteiger partial charge in [-0.3, -0.25) is 4.79 Å². The lowest BCUT2D eigenvalue weighted by molar-refractivity contribution is -0.132. The fraction of sp³-hybridized carbons (Fsp3) is 0.923. The fourth-order valence-electron chi connectivity index (χ4n) is 2.29. The second kappa shape index (κ2) is 6.24. The van der Waals surface area contributed by atoms with Gasteiger partial charge in [-0.2, -0.15) is 0 Å². The molecule has 0 aromatic rings. The molecule has 1 saturated carbocycles. The van der Waals surface area contributed by atoms with Crippen LogP contribution in [0.3, 0.4) is 0 Å². The van der Waals surface area contributed by atoms with Crippen molar-refractivity contribution in [2.75, 3.05) is 13.1 Å². The minimum atomic E-state index is -0.0366. The molecule has 0 saturated heterocycles. The van der Waals surface area contributed by atoms with E-state index >= 15 is 0 Å². The smallest absolute Gasteiger partial charge is 0.239 e. The maximum absolute atomic E-state index is 12.1. The number of amides is 1. The van der Waals surface area contributed by atoms with Crippen molar-refractivity contribution in [2.45, 2.75) is 59.0 Å². The molecular weight excluding hydrogens is 200 g/mol. The molecule has 0 radical (unpaired) electrons. The van der Waals surface area contributed by atoms with Crippen LogP contribution in [0, 0.1) is 5.92 Å². The zero-order valence-electron chi connectivity index (χ0n) is 11.1. The Morgan fingerprint density at radius 2 is 1.88 bits per heavy atom. The summed E-state index contributed by atoms with van der Waals surface area (Å²) in [5.74, 6) is 1.06. The maximum Gasteiger partial charge on any atom is 0.239 e. The molecule has 0 aliphatic heterocycles. The van der Waals surface area contributed by atoms with Gasteiger partial charge in [-0.15, -0.1) is 0 Å². The van der Waals surface area contributed by atoms with Crippen LogP contribution < -0.4 is 5.32 Å². The predicted molar refractivity (Wildman–Crippen MR) is 67.3 cm³/mol. The van der Waals surface area contributed by atoms with Crippen LogP contribution in [-0.2, 0) is 4.79 Å². The van der Waals surface area contributed by atoms with Gasteiger partial charge in [0.05, 0.1) is 6.04 Å². The van der Waals surface area contributed by atoms with Gasteiger partial charge in [-0.25, -0.2) is 0 Å². The summed E-state index contributed by atoms with van der Waals surface area (Å²) >= 11 is 0. The van der Waals surface area contributed by atoms with Crippen LogP contribution in [0.2, 0.25) is 0 Å². The molecule has 1 aliphatic carbocycles. The monoisotopic (exact) mass is 226 g/mol. The van der Waals surface area contributed by atoms with Crippen molar-refractivity contribution in [1.82, 2.24) is 10.2 Å². The highest BCUT2D eigenvalue weighted by Gasteiger charge is 2.32. The second-order valence-electron chi connectivity index (χ2n) is 4.75. The van der Waals surface area contributed by atoms with Crippen molar-refractivity contribution in [3.63, 3.8) is 0 Å². The lowest BCUT2D eigenvalue weighted by Crippen LogP contribution is -2.48. The minimum Gasteiger partial charge on any atom is -0.342 e. The molecule has 0 spiro atoms. The van der Waals surface area contributed by atoms with E-state index in [9.17, 15) is 4.79 Å². The Kier molecular flexibility index (Phi) is 5.26. The van der Waals surface area contributed by atoms with Gasteiger partial charge in [0.15, 0.2) is 0 Å². The van der Waals surface area contributed by atoms with Gasteiger partial charge < -0.3 is 10.2 Å². The first-order valence-electron chi connectivity index (χ1n) is 6.68. The number of nitrogens with zero attached hydrogens (tertiary/aromatic N) is 1. The first-order chi connectivity index (χ1) is 7.63. The number of carbonyl (C=O) groups is 1. The Balaban J connectivity index is 2.42. The van der Waals surface area contributed by atoms with Gasteiger partial charge in [0, 0.05) is 19.1 Å². The summed E-state index contributed by atoms with van der Waals surface area (Å²) < 4.78 is 0. The van der Waals surface area contributed by atoms with Crippen LogP contribution in [0.4, 0.5) is 0 Å². The molecule has 0 aromatic heterocycles. The molecule has 2 unspecified atom stereocenters. The molecule has 1 aliphatic rings. The molecule has 0 aromatic carbocycles. The molecule has 16 heavy (non-hydrogen) atoms. The molecule has 1 amide bonds. The molecule has 1 N–H and O–H groups in total. The van der Waals surface area contributed by atoms with Crippen LogP contribution in [0.15, 0.2) is 0 Å². The predicted octanol–water partition coefficient (Wildman–Crippen LogP) is 2.02. The largest absolute Gasteiger partial charge is 0.342 e. The fourth-order valence-corrected chi connectivity index (χ4v) is 2.29. The minimum absolute atomic E-state index is 0.0366. The molecular formula is C13H26N2O. The number of hydrogen-bond donors (Lipinski definition) is 1. The van der Waals surface area contributed by atoms with Crippen LogP contribution in [-0.4, -0.2) is 36.0 Å². The first kappa shape index (κ1) is 13.5. The van der Waals surface area contributed by atoms with E-state index in [4.69, 9.17) is 0 Å². The van der Waals surface area contributed by atoms with E-state index in [0.717, 1.165) is 25.4 Å². The van der Waals surface area contributed by atoms with E-state index in [1.807, 2.05) is 25.7 Å². The summed E-state index contributed by atoms with van der Waals surface area (Å²) in [6, 6.07) is 0.500. The third-order valence-corrected chi connectivity index (χ3v) is 3.54. The van der Waals surface area contributed by atoms with Crippen molar-refractivity contribution in [3.05, 3.63) is 0 Å². The molecule has 2 atom stereocenters. The Bertz CT molecular complexity index is 222. The lowest BCUT2D eigenvalue weighted by atomic mass is 10.1. The molecule has 1 fully saturated rings. The van der Waals surface area contributed by atoms with Crippen molar-refractivity contribution < 1.29 is 4.79 Å². The number of likely N-dealkylation sites (N-methyl/N-ethyl adjacent to an activating group) is 1. The van der Waals surface area contributed by atoms with Crippen molar-refractivity contribution >= 4 is 5.91 Å². The summed E-state index contributed by atoms with van der Waals surface area (Å²) in [4.78, 5) is 14.0. The molecule has 0 heterocycles. The number of carbonyl (C=O) groups excluding carboxylic acids is 1. The van der Waals surface area contributed by atoms with Gasteiger partial charge in [0.25, 0.3) is 0 Å². The Hall–Kier alpha value is -0.570. The normalized spacial score (nSPS) is 19.2. The third kappa shape index (κ3) is 3.48. The average molecular weight is 226 g/mol. The van der Waals surface area contributed by atoms with Gasteiger partial charge in [-0.1, -0.05) is 6.92 Å².